The molecular formula is C53H71N7O12. The lowest BCUT2D eigenvalue weighted by Crippen LogP contribution is -2.58. The van der Waals surface area contributed by atoms with Crippen molar-refractivity contribution in [2.24, 2.45) is 5.92 Å². The van der Waals surface area contributed by atoms with Crippen LogP contribution in [0.1, 0.15) is 87.6 Å². The number of aliphatic hydroxyl groups is 1. The Labute approximate surface area is 421 Å². The van der Waals surface area contributed by atoms with E-state index in [9.17, 15) is 43.5 Å². The lowest BCUT2D eigenvalue weighted by molar-refractivity contribution is -0.140. The number of likely N-dealkylation sites (tertiary alicyclic amines) is 1. The van der Waals surface area contributed by atoms with Gasteiger partial charge >= 0.3 is 5.97 Å². The third kappa shape index (κ3) is 18.9. The van der Waals surface area contributed by atoms with Crippen molar-refractivity contribution in [1.29, 1.82) is 0 Å². The van der Waals surface area contributed by atoms with Crippen LogP contribution in [0.4, 0.5) is 0 Å². The number of hydrogen-bond acceptors (Lipinski definition) is 12. The summed E-state index contributed by atoms with van der Waals surface area (Å²) in [6, 6.07) is 9.74. The van der Waals surface area contributed by atoms with Gasteiger partial charge in [-0.25, -0.2) is 0 Å². The van der Waals surface area contributed by atoms with Crippen LogP contribution in [0, 0.1) is 5.92 Å². The van der Waals surface area contributed by atoms with Crippen LogP contribution in [0.3, 0.4) is 0 Å². The van der Waals surface area contributed by atoms with Gasteiger partial charge in [0, 0.05) is 38.2 Å². The summed E-state index contributed by atoms with van der Waals surface area (Å²) in [6.45, 7) is 6.91. The molecule has 2 aromatic carbocycles. The molecule has 390 valence electrons. The maximum atomic E-state index is 14.1. The number of nitrogens with one attached hydrogen (secondary N) is 5. The highest BCUT2D eigenvalue weighted by Gasteiger charge is 2.37. The number of carboxylic acid groups (broad SMARTS) is 1. The molecule has 19 nitrogen and oxygen atoms in total. The van der Waals surface area contributed by atoms with E-state index in [4.69, 9.17) is 14.6 Å². The van der Waals surface area contributed by atoms with Gasteiger partial charge in [-0.05, 0) is 81.0 Å². The van der Waals surface area contributed by atoms with Gasteiger partial charge in [-0.3, -0.25) is 43.7 Å². The Morgan fingerprint density at radius 2 is 1.72 bits per heavy atom. The van der Waals surface area contributed by atoms with Crippen molar-refractivity contribution >= 4 is 47.2 Å². The Morgan fingerprint density at radius 3 is 2.40 bits per heavy atom. The number of likely N-dealkylation sites (N-methyl/N-ethyl adjacent to an activating group) is 1. The molecule has 0 bridgehead atoms. The molecule has 7 N–H and O–H groups in total. The van der Waals surface area contributed by atoms with Crippen molar-refractivity contribution < 1.29 is 58.0 Å². The molecule has 0 spiro atoms. The van der Waals surface area contributed by atoms with Crippen LogP contribution in [0.5, 0.6) is 11.5 Å². The van der Waals surface area contributed by atoms with Crippen LogP contribution in [0.2, 0.25) is 0 Å². The molecule has 0 radical (unpaired) electrons. The zero-order valence-electron chi connectivity index (χ0n) is 41.7. The van der Waals surface area contributed by atoms with Crippen molar-refractivity contribution in [3.63, 3.8) is 0 Å². The predicted octanol–water partition coefficient (Wildman–Crippen LogP) is 3.14. The highest BCUT2D eigenvalue weighted by molar-refractivity contribution is 6.43. The fourth-order valence-corrected chi connectivity index (χ4v) is 8.20. The number of carboxylic acids is 1. The number of piperidine rings is 1. The molecule has 2 aliphatic rings. The first-order valence-electron chi connectivity index (χ1n) is 24.4. The van der Waals surface area contributed by atoms with E-state index >= 15 is 0 Å². The highest BCUT2D eigenvalue weighted by Crippen LogP contribution is 2.29. The number of aliphatic carboxylic acids is 1. The van der Waals surface area contributed by atoms with Gasteiger partial charge in [-0.15, -0.1) is 0 Å². The third-order valence-electron chi connectivity index (χ3n) is 12.1. The number of ether oxygens (including phenoxy) is 2. The summed E-state index contributed by atoms with van der Waals surface area (Å²) in [5, 5.41) is 34.0. The molecule has 0 saturated carbocycles. The molecule has 2 aromatic rings. The number of carbonyl (C=O) groups excluding carboxylic acids is 7. The van der Waals surface area contributed by atoms with Crippen molar-refractivity contribution in [1.82, 2.24) is 36.4 Å². The van der Waals surface area contributed by atoms with E-state index in [-0.39, 0.29) is 82.1 Å². The third-order valence-corrected chi connectivity index (χ3v) is 12.1. The summed E-state index contributed by atoms with van der Waals surface area (Å²) in [4.78, 5) is 109. The van der Waals surface area contributed by atoms with E-state index in [1.54, 1.807) is 13.8 Å². The largest absolute Gasteiger partial charge is 0.493 e. The van der Waals surface area contributed by atoms with Gasteiger partial charge in [-0.2, -0.15) is 0 Å². The molecule has 19 heteroatoms. The van der Waals surface area contributed by atoms with Crippen molar-refractivity contribution in [3.8, 4) is 11.5 Å². The molecule has 5 atom stereocenters. The average molecular weight is 998 g/mol. The molecule has 3 unspecified atom stereocenters. The summed E-state index contributed by atoms with van der Waals surface area (Å²) in [5.74, 6) is -5.10. The monoisotopic (exact) mass is 998 g/mol. The molecule has 6 amide bonds. The Hall–Kier alpha value is -7.12. The number of methoxy groups -OCH3 is 1. The van der Waals surface area contributed by atoms with E-state index in [0.29, 0.717) is 25.0 Å². The van der Waals surface area contributed by atoms with Crippen LogP contribution < -0.4 is 36.1 Å². The average Bonchev–Trinajstić information content (AvgIpc) is 3.37. The summed E-state index contributed by atoms with van der Waals surface area (Å²) >= 11 is 0. The zero-order chi connectivity index (χ0) is 52.6. The van der Waals surface area contributed by atoms with E-state index in [2.05, 4.69) is 33.2 Å². The minimum absolute atomic E-state index is 0.0492. The number of allylic oxidation sites excluding steroid dienone is 4. The Bertz CT molecular complexity index is 2300. The number of nitrogens with zero attached hydrogens (tertiary/aromatic N) is 2. The van der Waals surface area contributed by atoms with E-state index in [0.717, 1.165) is 24.0 Å². The fourth-order valence-electron chi connectivity index (χ4n) is 8.20. The number of amides is 6. The first-order chi connectivity index (χ1) is 34.5. The maximum Gasteiger partial charge on any atom is 0.307 e. The Balaban J connectivity index is 1.42. The highest BCUT2D eigenvalue weighted by atomic mass is 16.5. The SMILES string of the molecule is C=CCOc1cc(C(=O)C(=O)N2CCCC[C@H]2C(=O)N[C@H](CCC2=CC=CCC2)C(=O)NCC(O)NC(C(=O)NC(CC(=O)N(C)CC(=O)NC/C=C/CC(=O)O)Cc2ccccc2)C(C)C)ccc1OC. The topological polar surface area (TPSA) is 262 Å². The number of ketones is 1. The number of Topliss-reactive ketones (excluding diaryl/α,β-unsaturated/α-hetero) is 1. The first-order valence-corrected chi connectivity index (χ1v) is 24.4. The lowest BCUT2D eigenvalue weighted by atomic mass is 9.96. The molecule has 1 heterocycles. The van der Waals surface area contributed by atoms with Crippen LogP contribution in [0.15, 0.2) is 97.1 Å². The minimum Gasteiger partial charge on any atom is -0.493 e. The lowest BCUT2D eigenvalue weighted by Gasteiger charge is -2.35. The number of carbonyl (C=O) groups is 8. The predicted molar refractivity (Wildman–Crippen MR) is 270 cm³/mol. The van der Waals surface area contributed by atoms with Crippen LogP contribution in [-0.2, 0) is 40.0 Å². The molecule has 4 rings (SSSR count). The van der Waals surface area contributed by atoms with Crippen molar-refractivity contribution in [3.05, 3.63) is 108 Å². The summed E-state index contributed by atoms with van der Waals surface area (Å²) in [7, 11) is 2.91. The molecule has 1 aliphatic carbocycles. The van der Waals surface area contributed by atoms with E-state index in [1.807, 2.05) is 48.6 Å². The summed E-state index contributed by atoms with van der Waals surface area (Å²) < 4.78 is 11.0. The van der Waals surface area contributed by atoms with E-state index in [1.165, 1.54) is 60.4 Å². The molecular weight excluding hydrogens is 927 g/mol. The molecule has 1 aliphatic heterocycles. The fraction of sp³-hybridized carbons (Fsp3) is 0.472. The molecule has 0 aromatic heterocycles. The standard InChI is InChI=1S/C53H71N7O12/c1-6-29-72-43-31-38(24-26-42(43)71-5)49(66)53(70)60-28-16-14-21-41(60)51(68)57-40(25-23-36-17-9-7-10-18-36)50(67)55-33-44(61)58-48(35(2)3)52(69)56-39(30-37-19-11-8-12-20-37)32-46(63)59(4)34-45(62)54-27-15-13-22-47(64)65/h6-9,11-13,15,17,19-20,24,26,31,35,39-41,44,48,58,61H,1,10,14,16,18,21-23,25,27-30,32-34H2,2-5H3,(H,54,62)(H,55,67)(H,56,69)(H,57,68)(H,64,65)/b15-13+/t39?,40-,41+,44?,48?/m1/s1. The normalized spacial score (nSPS) is 16.1. The van der Waals surface area contributed by atoms with Gasteiger partial charge in [-0.1, -0.05) is 92.8 Å². The number of benzene rings is 2. The minimum atomic E-state index is -1.44. The maximum absolute atomic E-state index is 14.1. The molecule has 1 fully saturated rings. The van der Waals surface area contributed by atoms with Gasteiger partial charge in [0.1, 0.15) is 24.9 Å². The van der Waals surface area contributed by atoms with E-state index < -0.39 is 77.6 Å². The van der Waals surface area contributed by atoms with Crippen molar-refractivity contribution in [2.45, 2.75) is 108 Å². The quantitative estimate of drug-likeness (QED) is 0.0268. The Morgan fingerprint density at radius 1 is 0.958 bits per heavy atom. The van der Waals surface area contributed by atoms with Crippen LogP contribution >= 0.6 is 0 Å². The van der Waals surface area contributed by atoms with Crippen LogP contribution in [0.25, 0.3) is 0 Å². The zero-order valence-corrected chi connectivity index (χ0v) is 41.7. The van der Waals surface area contributed by atoms with Gasteiger partial charge in [0.05, 0.1) is 32.7 Å². The van der Waals surface area contributed by atoms with Crippen molar-refractivity contribution in [2.75, 3.05) is 46.9 Å². The number of hydrogen-bond donors (Lipinski definition) is 7. The molecule has 72 heavy (non-hydrogen) atoms. The first kappa shape index (κ1) is 57.5. The number of aliphatic hydroxyl groups excluding tert-OH is 1. The van der Waals surface area contributed by atoms with Gasteiger partial charge in [0.2, 0.25) is 29.5 Å². The van der Waals surface area contributed by atoms with Gasteiger partial charge < -0.3 is 50.8 Å². The van der Waals surface area contributed by atoms with Gasteiger partial charge in [0.25, 0.3) is 11.7 Å². The second-order valence-electron chi connectivity index (χ2n) is 18.1. The van der Waals surface area contributed by atoms with Gasteiger partial charge in [0.15, 0.2) is 11.5 Å². The molecule has 1 saturated heterocycles. The smallest absolute Gasteiger partial charge is 0.307 e. The van der Waals surface area contributed by atoms with Crippen LogP contribution in [-0.4, -0.2) is 145 Å². The second-order valence-corrected chi connectivity index (χ2v) is 18.1. The summed E-state index contributed by atoms with van der Waals surface area (Å²) in [5.41, 5.74) is 1.97. The Kier molecular flexibility index (Phi) is 23.9. The summed E-state index contributed by atoms with van der Waals surface area (Å²) in [6.07, 6.45) is 12.6. The second kappa shape index (κ2) is 29.9. The number of rotatable bonds is 29.